The van der Waals surface area contributed by atoms with E-state index in [1.54, 1.807) is 0 Å². The highest BCUT2D eigenvalue weighted by Crippen LogP contribution is 2.43. The predicted molar refractivity (Wildman–Crippen MR) is 245 cm³/mol. The van der Waals surface area contributed by atoms with E-state index in [0.717, 1.165) is 38.5 Å². The number of carbonyl (C=O) groups is 1. The molecular weight excluding hydrogens is 732 g/mol. The zero-order chi connectivity index (χ0) is 42.1. The van der Waals surface area contributed by atoms with Gasteiger partial charge in [0.15, 0.2) is 0 Å². The topological polar surface area (TPSA) is 105 Å². The smallest absolute Gasteiger partial charge is 0.391 e. The lowest BCUT2D eigenvalue weighted by Crippen LogP contribution is -2.46. The van der Waals surface area contributed by atoms with Crippen molar-refractivity contribution in [2.45, 2.75) is 251 Å². The van der Waals surface area contributed by atoms with E-state index >= 15 is 0 Å². The van der Waals surface area contributed by atoms with E-state index in [-0.39, 0.29) is 19.1 Å². The van der Waals surface area contributed by atoms with Crippen molar-refractivity contribution in [2.75, 3.05) is 40.9 Å². The normalized spacial score (nSPS) is 14.3. The van der Waals surface area contributed by atoms with Gasteiger partial charge in [-0.2, -0.15) is 0 Å². The second-order valence-corrected chi connectivity index (χ2v) is 19.6. The van der Waals surface area contributed by atoms with Crippen LogP contribution in [0.2, 0.25) is 0 Å². The fourth-order valence-electron chi connectivity index (χ4n) is 7.34. The monoisotopic (exact) mass is 830 g/mol. The highest BCUT2D eigenvalue weighted by molar-refractivity contribution is 7.47. The second kappa shape index (κ2) is 40.6. The molecule has 8 nitrogen and oxygen atoms in total. The van der Waals surface area contributed by atoms with Crippen molar-refractivity contribution < 1.29 is 32.9 Å². The molecule has 0 saturated carbocycles. The molecule has 0 heterocycles. The number of phosphoric ester groups is 1. The predicted octanol–water partition coefficient (Wildman–Crippen LogP) is 13.9. The number of amides is 1. The molecule has 0 radical (unpaired) electrons. The Morgan fingerprint density at radius 3 is 1.35 bits per heavy atom. The van der Waals surface area contributed by atoms with Crippen LogP contribution in [0.3, 0.4) is 0 Å². The molecule has 0 aromatic rings. The Bertz CT molecular complexity index is 942. The van der Waals surface area contributed by atoms with Gasteiger partial charge in [-0.3, -0.25) is 13.8 Å². The van der Waals surface area contributed by atoms with Crippen molar-refractivity contribution in [2.24, 2.45) is 0 Å². The quantitative estimate of drug-likeness (QED) is 0.0244. The molecule has 0 fully saturated rings. The summed E-state index contributed by atoms with van der Waals surface area (Å²) in [5.74, 6) is -0.146. The molecule has 0 aromatic carbocycles. The number of nitrogens with zero attached hydrogens (tertiary/aromatic N) is 1. The van der Waals surface area contributed by atoms with Gasteiger partial charge in [-0.15, -0.1) is 0 Å². The van der Waals surface area contributed by atoms with E-state index < -0.39 is 20.0 Å². The van der Waals surface area contributed by atoms with E-state index in [1.807, 2.05) is 21.1 Å². The second-order valence-electron chi connectivity index (χ2n) is 18.2. The van der Waals surface area contributed by atoms with Gasteiger partial charge in [0, 0.05) is 6.42 Å². The van der Waals surface area contributed by atoms with Gasteiger partial charge >= 0.3 is 7.82 Å². The maximum Gasteiger partial charge on any atom is 0.472 e. The van der Waals surface area contributed by atoms with Crippen LogP contribution in [0.4, 0.5) is 0 Å². The van der Waals surface area contributed by atoms with Crippen LogP contribution in [-0.2, 0) is 18.4 Å². The Morgan fingerprint density at radius 1 is 0.579 bits per heavy atom. The Morgan fingerprint density at radius 2 is 0.947 bits per heavy atom. The van der Waals surface area contributed by atoms with E-state index in [1.165, 1.54) is 173 Å². The standard InChI is InChI=1S/C48H97N2O6P/c1-6-8-10-12-14-16-18-20-22-24-26-27-29-31-33-35-37-39-41-47(51)46(45-56-57(53,54)55-44-43-50(3,4)5)49-48(52)42-40-38-36-34-32-30-28-25-23-21-19-17-15-13-11-9-7-2/h21,23,46-47,51H,6-20,22,24-45H2,1-5H3,(H-,49,52,53,54)/p+1/b23-21-. The number of unbranched alkanes of at least 4 members (excludes halogenated alkanes) is 30. The summed E-state index contributed by atoms with van der Waals surface area (Å²) in [5, 5.41) is 14.0. The Hall–Kier alpha value is -0.760. The summed E-state index contributed by atoms with van der Waals surface area (Å²) in [6.45, 7) is 4.90. The number of nitrogens with one attached hydrogen (secondary N) is 1. The minimum Gasteiger partial charge on any atom is -0.391 e. The van der Waals surface area contributed by atoms with Crippen LogP contribution in [0.1, 0.15) is 239 Å². The number of aliphatic hydroxyl groups excluding tert-OH is 1. The maximum absolute atomic E-state index is 12.9. The van der Waals surface area contributed by atoms with Crippen molar-refractivity contribution in [1.82, 2.24) is 5.32 Å². The first kappa shape index (κ1) is 56.2. The van der Waals surface area contributed by atoms with Crippen LogP contribution in [0.15, 0.2) is 12.2 Å². The lowest BCUT2D eigenvalue weighted by molar-refractivity contribution is -0.870. The van der Waals surface area contributed by atoms with E-state index in [2.05, 4.69) is 31.3 Å². The number of hydrogen-bond donors (Lipinski definition) is 3. The zero-order valence-electron chi connectivity index (χ0n) is 38.6. The van der Waals surface area contributed by atoms with E-state index in [4.69, 9.17) is 9.05 Å². The van der Waals surface area contributed by atoms with E-state index in [9.17, 15) is 19.4 Å². The minimum atomic E-state index is -4.31. The third-order valence-electron chi connectivity index (χ3n) is 11.3. The Kier molecular flexibility index (Phi) is 40.1. The van der Waals surface area contributed by atoms with Crippen molar-refractivity contribution in [3.8, 4) is 0 Å². The Balaban J connectivity index is 4.29. The number of rotatable bonds is 45. The number of hydrogen-bond acceptors (Lipinski definition) is 5. The van der Waals surface area contributed by atoms with Gasteiger partial charge < -0.3 is 19.8 Å². The summed E-state index contributed by atoms with van der Waals surface area (Å²) in [5.41, 5.74) is 0. The van der Waals surface area contributed by atoms with Gasteiger partial charge in [-0.05, 0) is 38.5 Å². The van der Waals surface area contributed by atoms with Gasteiger partial charge in [0.1, 0.15) is 13.2 Å². The van der Waals surface area contributed by atoms with Crippen LogP contribution in [-0.4, -0.2) is 73.4 Å². The number of likely N-dealkylation sites (N-methyl/N-ethyl adjacent to an activating group) is 1. The fourth-order valence-corrected chi connectivity index (χ4v) is 8.07. The molecule has 57 heavy (non-hydrogen) atoms. The zero-order valence-corrected chi connectivity index (χ0v) is 39.5. The molecule has 9 heteroatoms. The molecule has 3 unspecified atom stereocenters. The van der Waals surface area contributed by atoms with Gasteiger partial charge in [-0.1, -0.05) is 206 Å². The number of phosphoric acid groups is 1. The minimum absolute atomic E-state index is 0.0759. The summed E-state index contributed by atoms with van der Waals surface area (Å²) in [4.78, 5) is 23.2. The van der Waals surface area contributed by atoms with Crippen LogP contribution in [0.25, 0.3) is 0 Å². The largest absolute Gasteiger partial charge is 0.472 e. The summed E-state index contributed by atoms with van der Waals surface area (Å²) in [7, 11) is 1.62. The lowest BCUT2D eigenvalue weighted by Gasteiger charge is -2.26. The van der Waals surface area contributed by atoms with Gasteiger partial charge in [-0.25, -0.2) is 4.57 Å². The van der Waals surface area contributed by atoms with Crippen molar-refractivity contribution in [3.63, 3.8) is 0 Å². The van der Waals surface area contributed by atoms with Gasteiger partial charge in [0.25, 0.3) is 0 Å². The third-order valence-corrected chi connectivity index (χ3v) is 12.2. The Labute approximate surface area is 354 Å². The first-order valence-corrected chi connectivity index (χ1v) is 26.0. The average Bonchev–Trinajstić information content (AvgIpc) is 3.16. The SMILES string of the molecule is CCCCCCCC/C=C\CCCCCCCCCC(=O)NC(COP(=O)(O)OCC[N+](C)(C)C)C(O)CCCCCCCCCCCCCCCCCCCC. The third kappa shape index (κ3) is 43.1. The first-order chi connectivity index (χ1) is 27.5. The molecule has 0 spiro atoms. The summed E-state index contributed by atoms with van der Waals surface area (Å²) in [6.07, 6.45) is 46.6. The number of quaternary nitrogens is 1. The molecule has 0 bridgehead atoms. The summed E-state index contributed by atoms with van der Waals surface area (Å²) in [6, 6.07) is -0.759. The molecule has 3 atom stereocenters. The fraction of sp³-hybridized carbons (Fsp3) is 0.938. The molecular formula is C48H98N2O6P+. The molecule has 0 aliphatic carbocycles. The molecule has 0 aliphatic heterocycles. The number of allylic oxidation sites excluding steroid dienone is 2. The molecule has 0 aromatic heterocycles. The highest BCUT2D eigenvalue weighted by atomic mass is 31.2. The maximum atomic E-state index is 12.9. The molecule has 1 amide bonds. The van der Waals surface area contributed by atoms with Gasteiger partial charge in [0.2, 0.25) is 5.91 Å². The molecule has 3 N–H and O–H groups in total. The van der Waals surface area contributed by atoms with Crippen molar-refractivity contribution in [3.05, 3.63) is 12.2 Å². The van der Waals surface area contributed by atoms with Crippen LogP contribution < -0.4 is 5.32 Å². The first-order valence-electron chi connectivity index (χ1n) is 24.6. The number of aliphatic hydroxyl groups is 1. The molecule has 0 aliphatic rings. The van der Waals surface area contributed by atoms with Crippen LogP contribution >= 0.6 is 7.82 Å². The molecule has 0 saturated heterocycles. The van der Waals surface area contributed by atoms with Gasteiger partial charge in [0.05, 0.1) is 39.9 Å². The van der Waals surface area contributed by atoms with Crippen molar-refractivity contribution >= 4 is 13.7 Å². The lowest BCUT2D eigenvalue weighted by atomic mass is 10.0. The van der Waals surface area contributed by atoms with Crippen LogP contribution in [0.5, 0.6) is 0 Å². The summed E-state index contributed by atoms with van der Waals surface area (Å²) < 4.78 is 23.7. The molecule has 340 valence electrons. The average molecular weight is 830 g/mol. The van der Waals surface area contributed by atoms with Crippen molar-refractivity contribution in [1.29, 1.82) is 0 Å². The highest BCUT2D eigenvalue weighted by Gasteiger charge is 2.28. The van der Waals surface area contributed by atoms with Crippen LogP contribution in [0, 0.1) is 0 Å². The summed E-state index contributed by atoms with van der Waals surface area (Å²) >= 11 is 0. The number of carbonyl (C=O) groups excluding carboxylic acids is 1. The molecule has 0 rings (SSSR count). The van der Waals surface area contributed by atoms with E-state index in [0.29, 0.717) is 23.9 Å².